The highest BCUT2D eigenvalue weighted by atomic mass is 14.9. The summed E-state index contributed by atoms with van der Waals surface area (Å²) in [5.74, 6) is 0. The molecule has 19 heavy (non-hydrogen) atoms. The van der Waals surface area contributed by atoms with E-state index in [0.717, 1.165) is 6.54 Å². The van der Waals surface area contributed by atoms with Crippen LogP contribution in [0.1, 0.15) is 27.8 Å². The number of hydrogen-bond donors (Lipinski definition) is 2. The molecule has 0 spiro atoms. The third-order valence-electron chi connectivity index (χ3n) is 3.40. The summed E-state index contributed by atoms with van der Waals surface area (Å²) in [6, 6.07) is 12.9. The van der Waals surface area contributed by atoms with Crippen LogP contribution >= 0.6 is 0 Å². The highest BCUT2D eigenvalue weighted by Gasteiger charge is 2.03. The van der Waals surface area contributed by atoms with Crippen molar-refractivity contribution in [3.05, 3.63) is 64.2 Å². The highest BCUT2D eigenvalue weighted by molar-refractivity contribution is 5.58. The Bertz CT molecular complexity index is 533. The lowest BCUT2D eigenvalue weighted by Gasteiger charge is -2.14. The van der Waals surface area contributed by atoms with Gasteiger partial charge in [-0.3, -0.25) is 0 Å². The van der Waals surface area contributed by atoms with Gasteiger partial charge in [0.05, 0.1) is 0 Å². The van der Waals surface area contributed by atoms with Gasteiger partial charge in [0.25, 0.3) is 0 Å². The highest BCUT2D eigenvalue weighted by Crippen LogP contribution is 2.22. The Labute approximate surface area is 115 Å². The molecular weight excluding hydrogens is 232 g/mol. The van der Waals surface area contributed by atoms with Gasteiger partial charge in [-0.2, -0.15) is 0 Å². The van der Waals surface area contributed by atoms with Crippen LogP contribution in [0.2, 0.25) is 0 Å². The molecule has 0 amide bonds. The molecule has 2 rings (SSSR count). The predicted molar refractivity (Wildman–Crippen MR) is 82.3 cm³/mol. The third-order valence-corrected chi connectivity index (χ3v) is 3.40. The number of anilines is 1. The first-order valence-corrected chi connectivity index (χ1v) is 6.69. The Morgan fingerprint density at radius 2 is 1.42 bits per heavy atom. The van der Waals surface area contributed by atoms with Crippen molar-refractivity contribution < 1.29 is 0 Å². The fourth-order valence-electron chi connectivity index (χ4n) is 2.44. The molecular formula is C17H22N2. The maximum atomic E-state index is 5.60. The van der Waals surface area contributed by atoms with E-state index in [1.54, 1.807) is 0 Å². The predicted octanol–water partition coefficient (Wildman–Crippen LogP) is 3.68. The monoisotopic (exact) mass is 254 g/mol. The SMILES string of the molecule is Cc1cc(C)c(NCc2ccc(CN)cc2)c(C)c1. The largest absolute Gasteiger partial charge is 0.381 e. The Hall–Kier alpha value is -1.80. The molecule has 2 aromatic carbocycles. The fourth-order valence-corrected chi connectivity index (χ4v) is 2.44. The van der Waals surface area contributed by atoms with Crippen LogP contribution in [0.15, 0.2) is 36.4 Å². The van der Waals surface area contributed by atoms with Crippen LogP contribution < -0.4 is 11.1 Å². The summed E-state index contributed by atoms with van der Waals surface area (Å²) in [5, 5.41) is 3.53. The zero-order chi connectivity index (χ0) is 13.8. The van der Waals surface area contributed by atoms with Gasteiger partial charge in [0.2, 0.25) is 0 Å². The summed E-state index contributed by atoms with van der Waals surface area (Å²) >= 11 is 0. The molecule has 0 aliphatic carbocycles. The Morgan fingerprint density at radius 1 is 0.895 bits per heavy atom. The molecule has 0 saturated carbocycles. The summed E-state index contributed by atoms with van der Waals surface area (Å²) in [7, 11) is 0. The minimum atomic E-state index is 0.601. The zero-order valence-electron chi connectivity index (χ0n) is 12.0. The first-order valence-electron chi connectivity index (χ1n) is 6.69. The van der Waals surface area contributed by atoms with Crippen molar-refractivity contribution in [2.24, 2.45) is 5.73 Å². The number of nitrogens with two attached hydrogens (primary N) is 1. The quantitative estimate of drug-likeness (QED) is 0.873. The van der Waals surface area contributed by atoms with Gasteiger partial charge in [0.1, 0.15) is 0 Å². The first-order chi connectivity index (χ1) is 9.10. The van der Waals surface area contributed by atoms with Crippen molar-refractivity contribution in [2.75, 3.05) is 5.32 Å². The van der Waals surface area contributed by atoms with E-state index in [-0.39, 0.29) is 0 Å². The molecule has 0 bridgehead atoms. The fraction of sp³-hybridized carbons (Fsp3) is 0.294. The Morgan fingerprint density at radius 3 is 1.95 bits per heavy atom. The van der Waals surface area contributed by atoms with E-state index < -0.39 is 0 Å². The normalized spacial score (nSPS) is 10.5. The second-order valence-electron chi connectivity index (χ2n) is 5.15. The van der Waals surface area contributed by atoms with E-state index in [4.69, 9.17) is 5.73 Å². The van der Waals surface area contributed by atoms with Crippen molar-refractivity contribution in [1.29, 1.82) is 0 Å². The van der Waals surface area contributed by atoms with Gasteiger partial charge in [-0.1, -0.05) is 42.0 Å². The van der Waals surface area contributed by atoms with Crippen molar-refractivity contribution in [3.8, 4) is 0 Å². The molecule has 0 saturated heterocycles. The standard InChI is InChI=1S/C17H22N2/c1-12-8-13(2)17(14(3)9-12)19-11-16-6-4-15(10-18)5-7-16/h4-9,19H,10-11,18H2,1-3H3. The van der Waals surface area contributed by atoms with Gasteiger partial charge in [-0.25, -0.2) is 0 Å². The van der Waals surface area contributed by atoms with Crippen LogP contribution in [0.3, 0.4) is 0 Å². The smallest absolute Gasteiger partial charge is 0.0402 e. The van der Waals surface area contributed by atoms with Crippen LogP contribution in [-0.2, 0) is 13.1 Å². The van der Waals surface area contributed by atoms with E-state index in [2.05, 4.69) is 62.5 Å². The average Bonchev–Trinajstić information content (AvgIpc) is 2.38. The number of benzene rings is 2. The van der Waals surface area contributed by atoms with Crippen LogP contribution in [0.25, 0.3) is 0 Å². The van der Waals surface area contributed by atoms with Crippen LogP contribution in [0.4, 0.5) is 5.69 Å². The van der Waals surface area contributed by atoms with Gasteiger partial charge in [-0.05, 0) is 43.0 Å². The lowest BCUT2D eigenvalue weighted by Crippen LogP contribution is -2.04. The van der Waals surface area contributed by atoms with Crippen LogP contribution in [0, 0.1) is 20.8 Å². The molecule has 2 nitrogen and oxygen atoms in total. The molecule has 100 valence electrons. The summed E-state index contributed by atoms with van der Waals surface area (Å²) in [5.41, 5.74) is 13.2. The zero-order valence-corrected chi connectivity index (χ0v) is 12.0. The summed E-state index contributed by atoms with van der Waals surface area (Å²) in [4.78, 5) is 0. The third kappa shape index (κ3) is 3.36. The van der Waals surface area contributed by atoms with Crippen molar-refractivity contribution in [3.63, 3.8) is 0 Å². The topological polar surface area (TPSA) is 38.0 Å². The molecule has 0 heterocycles. The molecule has 0 aliphatic rings. The number of aryl methyl sites for hydroxylation is 3. The van der Waals surface area contributed by atoms with E-state index >= 15 is 0 Å². The molecule has 0 atom stereocenters. The van der Waals surface area contributed by atoms with Gasteiger partial charge in [-0.15, -0.1) is 0 Å². The maximum Gasteiger partial charge on any atom is 0.0402 e. The van der Waals surface area contributed by atoms with E-state index in [1.165, 1.54) is 33.5 Å². The molecule has 2 aromatic rings. The summed E-state index contributed by atoms with van der Waals surface area (Å²) in [6.45, 7) is 7.88. The second kappa shape index (κ2) is 5.89. The Kier molecular flexibility index (Phi) is 4.23. The molecule has 0 fully saturated rings. The molecule has 3 N–H and O–H groups in total. The van der Waals surface area contributed by atoms with Crippen molar-refractivity contribution in [2.45, 2.75) is 33.9 Å². The van der Waals surface area contributed by atoms with Crippen LogP contribution in [-0.4, -0.2) is 0 Å². The van der Waals surface area contributed by atoms with Gasteiger partial charge in [0.15, 0.2) is 0 Å². The lowest BCUT2D eigenvalue weighted by atomic mass is 10.0. The molecule has 2 heteroatoms. The molecule has 0 unspecified atom stereocenters. The number of nitrogens with one attached hydrogen (secondary N) is 1. The minimum absolute atomic E-state index is 0.601. The first kappa shape index (κ1) is 13.6. The van der Waals surface area contributed by atoms with Crippen LogP contribution in [0.5, 0.6) is 0 Å². The van der Waals surface area contributed by atoms with E-state index in [0.29, 0.717) is 6.54 Å². The van der Waals surface area contributed by atoms with E-state index in [1.807, 2.05) is 0 Å². The van der Waals surface area contributed by atoms with E-state index in [9.17, 15) is 0 Å². The summed E-state index contributed by atoms with van der Waals surface area (Å²) in [6.07, 6.45) is 0. The van der Waals surface area contributed by atoms with Gasteiger partial charge < -0.3 is 11.1 Å². The Balaban J connectivity index is 2.10. The van der Waals surface area contributed by atoms with Crippen molar-refractivity contribution >= 4 is 5.69 Å². The maximum absolute atomic E-state index is 5.60. The van der Waals surface area contributed by atoms with Gasteiger partial charge in [0, 0.05) is 18.8 Å². The number of hydrogen-bond acceptors (Lipinski definition) is 2. The molecule has 0 radical (unpaired) electrons. The summed E-state index contributed by atoms with van der Waals surface area (Å²) < 4.78 is 0. The molecule has 0 aliphatic heterocycles. The minimum Gasteiger partial charge on any atom is -0.381 e. The van der Waals surface area contributed by atoms with Gasteiger partial charge >= 0.3 is 0 Å². The average molecular weight is 254 g/mol. The van der Waals surface area contributed by atoms with Crippen molar-refractivity contribution in [1.82, 2.24) is 0 Å². The number of rotatable bonds is 4. The molecule has 0 aromatic heterocycles. The lowest BCUT2D eigenvalue weighted by molar-refractivity contribution is 1.06. The second-order valence-corrected chi connectivity index (χ2v) is 5.15.